The van der Waals surface area contributed by atoms with Gasteiger partial charge < -0.3 is 15.4 Å². The Kier molecular flexibility index (Phi) is 7.91. The fourth-order valence-electron chi connectivity index (χ4n) is 4.48. The molecule has 2 aromatic rings. The quantitative estimate of drug-likeness (QED) is 0.485. The Balaban J connectivity index is 1.61. The van der Waals surface area contributed by atoms with Crippen LogP contribution in [-0.4, -0.2) is 29.8 Å². The van der Waals surface area contributed by atoms with Gasteiger partial charge in [-0.05, 0) is 57.0 Å². The number of amides is 1. The molecular formula is C28H27N3O4S. The smallest absolute Gasteiger partial charge is 0.234 e. The molecule has 0 aromatic heterocycles. The second-order valence-corrected chi connectivity index (χ2v) is 9.51. The Morgan fingerprint density at radius 3 is 2.61 bits per heavy atom. The maximum atomic E-state index is 13.0. The van der Waals surface area contributed by atoms with Crippen molar-refractivity contribution in [2.75, 3.05) is 17.7 Å². The summed E-state index contributed by atoms with van der Waals surface area (Å²) in [6.45, 7) is 3.84. The van der Waals surface area contributed by atoms with Crippen LogP contribution >= 0.6 is 11.8 Å². The largest absolute Gasteiger partial charge is 0.494 e. The van der Waals surface area contributed by atoms with Crippen molar-refractivity contribution in [3.63, 3.8) is 0 Å². The van der Waals surface area contributed by atoms with Crippen LogP contribution in [0.4, 0.5) is 5.69 Å². The average molecular weight is 502 g/mol. The molecule has 0 spiro atoms. The number of para-hydroxylation sites is 1. The van der Waals surface area contributed by atoms with Crippen molar-refractivity contribution in [1.29, 1.82) is 5.26 Å². The summed E-state index contributed by atoms with van der Waals surface area (Å²) in [7, 11) is 0. The number of nitrogens with zero attached hydrogens (tertiary/aromatic N) is 1. The van der Waals surface area contributed by atoms with Gasteiger partial charge in [0.15, 0.2) is 11.6 Å². The Hall–Kier alpha value is -3.83. The van der Waals surface area contributed by atoms with E-state index in [9.17, 15) is 19.6 Å². The number of ketones is 2. The Labute approximate surface area is 214 Å². The number of carbonyl (C=O) groups excluding carboxylic acids is 3. The summed E-state index contributed by atoms with van der Waals surface area (Å²) < 4.78 is 5.84. The first-order chi connectivity index (χ1) is 17.4. The molecule has 1 amide bonds. The van der Waals surface area contributed by atoms with Crippen LogP contribution in [0.5, 0.6) is 5.75 Å². The van der Waals surface area contributed by atoms with Crippen molar-refractivity contribution in [1.82, 2.24) is 5.32 Å². The molecule has 36 heavy (non-hydrogen) atoms. The summed E-state index contributed by atoms with van der Waals surface area (Å²) in [5, 5.41) is 16.9. The Morgan fingerprint density at radius 2 is 1.92 bits per heavy atom. The zero-order valence-corrected chi connectivity index (χ0v) is 21.0. The summed E-state index contributed by atoms with van der Waals surface area (Å²) in [6.07, 6.45) is 1.88. The minimum Gasteiger partial charge on any atom is -0.494 e. The van der Waals surface area contributed by atoms with Crippen LogP contribution in [0, 0.1) is 11.3 Å². The summed E-state index contributed by atoms with van der Waals surface area (Å²) in [5.74, 6) is -0.0969. The van der Waals surface area contributed by atoms with Crippen molar-refractivity contribution >= 4 is 34.9 Å². The molecule has 1 aliphatic carbocycles. The Bertz CT molecular complexity index is 1300. The van der Waals surface area contributed by atoms with E-state index in [2.05, 4.69) is 16.7 Å². The van der Waals surface area contributed by atoms with Crippen molar-refractivity contribution in [2.24, 2.45) is 0 Å². The van der Waals surface area contributed by atoms with E-state index < -0.39 is 5.92 Å². The standard InChI is InChI=1S/C28H27N3O4S/c1-3-35-24-10-5-4-7-20(24)26-21(15-29)28(31-22-8-6-9-23(33)27(22)26)36-16-25(34)30-19-13-11-18(12-14-19)17(2)32/h4-5,7,10-14,26,31H,3,6,8-9,16H2,1-2H3,(H,30,34). The molecule has 1 unspecified atom stereocenters. The fourth-order valence-corrected chi connectivity index (χ4v) is 5.34. The molecule has 8 heteroatoms. The lowest BCUT2D eigenvalue weighted by molar-refractivity contribution is -0.116. The lowest BCUT2D eigenvalue weighted by Gasteiger charge is -2.33. The molecule has 1 atom stereocenters. The summed E-state index contributed by atoms with van der Waals surface area (Å²) in [5.41, 5.74) is 3.76. The maximum absolute atomic E-state index is 13.0. The average Bonchev–Trinajstić information content (AvgIpc) is 2.87. The number of carbonyl (C=O) groups is 3. The first-order valence-corrected chi connectivity index (χ1v) is 12.8. The fraction of sp³-hybridized carbons (Fsp3) is 0.286. The Morgan fingerprint density at radius 1 is 1.17 bits per heavy atom. The van der Waals surface area contributed by atoms with Crippen LogP contribution in [0.15, 0.2) is 70.4 Å². The van der Waals surface area contributed by atoms with E-state index in [1.54, 1.807) is 24.3 Å². The third-order valence-electron chi connectivity index (χ3n) is 6.12. The number of benzene rings is 2. The van der Waals surface area contributed by atoms with E-state index in [0.29, 0.717) is 52.6 Å². The predicted octanol–water partition coefficient (Wildman–Crippen LogP) is 5.09. The van der Waals surface area contributed by atoms with E-state index in [1.807, 2.05) is 31.2 Å². The van der Waals surface area contributed by atoms with Crippen LogP contribution < -0.4 is 15.4 Å². The van der Waals surface area contributed by atoms with Crippen LogP contribution in [0.2, 0.25) is 0 Å². The highest BCUT2D eigenvalue weighted by molar-refractivity contribution is 8.03. The molecule has 0 radical (unpaired) electrons. The molecular weight excluding hydrogens is 474 g/mol. The van der Waals surface area contributed by atoms with Gasteiger partial charge in [-0.25, -0.2) is 0 Å². The zero-order chi connectivity index (χ0) is 25.7. The number of ether oxygens (including phenoxy) is 1. The first-order valence-electron chi connectivity index (χ1n) is 11.9. The minimum absolute atomic E-state index is 0.0311. The number of nitrogens with one attached hydrogen (secondary N) is 2. The number of hydrogen-bond donors (Lipinski definition) is 2. The van der Waals surface area contributed by atoms with Gasteiger partial charge in [-0.3, -0.25) is 14.4 Å². The summed E-state index contributed by atoms with van der Waals surface area (Å²) in [4.78, 5) is 37.2. The molecule has 184 valence electrons. The van der Waals surface area contributed by atoms with Gasteiger partial charge in [-0.15, -0.1) is 0 Å². The normalized spacial score (nSPS) is 17.1. The van der Waals surface area contributed by atoms with Crippen LogP contribution in [0.3, 0.4) is 0 Å². The molecule has 0 bridgehead atoms. The van der Waals surface area contributed by atoms with Crippen molar-refractivity contribution in [3.05, 3.63) is 81.5 Å². The molecule has 2 N–H and O–H groups in total. The number of allylic oxidation sites excluding steroid dienone is 3. The monoisotopic (exact) mass is 501 g/mol. The van der Waals surface area contributed by atoms with Crippen LogP contribution in [0.25, 0.3) is 0 Å². The SMILES string of the molecule is CCOc1ccccc1C1C(C#N)=C(SCC(=O)Nc2ccc(C(C)=O)cc2)NC2=C1C(=O)CCC2. The number of Topliss-reactive ketones (excluding diaryl/α,β-unsaturated/α-hetero) is 2. The van der Waals surface area contributed by atoms with Gasteiger partial charge in [0.25, 0.3) is 0 Å². The summed E-state index contributed by atoms with van der Waals surface area (Å²) in [6, 6.07) is 16.5. The topological polar surface area (TPSA) is 108 Å². The molecule has 7 nitrogen and oxygen atoms in total. The predicted molar refractivity (Wildman–Crippen MR) is 140 cm³/mol. The van der Waals surface area contributed by atoms with E-state index in [1.165, 1.54) is 18.7 Å². The lowest BCUT2D eigenvalue weighted by Crippen LogP contribution is -2.32. The van der Waals surface area contributed by atoms with Crippen molar-refractivity contribution < 1.29 is 19.1 Å². The third kappa shape index (κ3) is 5.37. The van der Waals surface area contributed by atoms with Gasteiger partial charge in [-0.1, -0.05) is 30.0 Å². The van der Waals surface area contributed by atoms with E-state index in [0.717, 1.165) is 17.7 Å². The van der Waals surface area contributed by atoms with Crippen molar-refractivity contribution in [3.8, 4) is 11.8 Å². The number of anilines is 1. The molecule has 1 heterocycles. The number of hydrogen-bond acceptors (Lipinski definition) is 7. The van der Waals surface area contributed by atoms with Gasteiger partial charge in [0.2, 0.25) is 5.91 Å². The highest BCUT2D eigenvalue weighted by atomic mass is 32.2. The molecule has 2 aliphatic rings. The molecule has 0 saturated heterocycles. The van der Waals surface area contributed by atoms with Gasteiger partial charge in [-0.2, -0.15) is 5.26 Å². The second-order valence-electron chi connectivity index (χ2n) is 8.52. The molecule has 0 saturated carbocycles. The number of rotatable bonds is 8. The van der Waals surface area contributed by atoms with Gasteiger partial charge in [0.1, 0.15) is 5.75 Å². The third-order valence-corrected chi connectivity index (χ3v) is 7.13. The molecule has 1 aliphatic heterocycles. The van der Waals surface area contributed by atoms with Crippen LogP contribution in [0.1, 0.15) is 54.9 Å². The van der Waals surface area contributed by atoms with Crippen LogP contribution in [-0.2, 0) is 9.59 Å². The van der Waals surface area contributed by atoms with Crippen molar-refractivity contribution in [2.45, 2.75) is 39.0 Å². The minimum atomic E-state index is -0.550. The van der Waals surface area contributed by atoms with E-state index >= 15 is 0 Å². The number of thioether (sulfide) groups is 1. The molecule has 4 rings (SSSR count). The molecule has 2 aromatic carbocycles. The number of dihydropyridines is 1. The second kappa shape index (κ2) is 11.3. The first kappa shape index (κ1) is 25.3. The van der Waals surface area contributed by atoms with Gasteiger partial charge in [0.05, 0.1) is 34.9 Å². The summed E-state index contributed by atoms with van der Waals surface area (Å²) >= 11 is 1.23. The molecule has 0 fully saturated rings. The number of nitriles is 1. The highest BCUT2D eigenvalue weighted by Crippen LogP contribution is 2.46. The van der Waals surface area contributed by atoms with Gasteiger partial charge >= 0.3 is 0 Å². The lowest BCUT2D eigenvalue weighted by atomic mass is 9.76. The highest BCUT2D eigenvalue weighted by Gasteiger charge is 2.38. The van der Waals surface area contributed by atoms with E-state index in [-0.39, 0.29) is 23.2 Å². The maximum Gasteiger partial charge on any atom is 0.234 e. The van der Waals surface area contributed by atoms with E-state index in [4.69, 9.17) is 4.74 Å². The van der Waals surface area contributed by atoms with Gasteiger partial charge in [0, 0.05) is 34.5 Å². The zero-order valence-electron chi connectivity index (χ0n) is 20.2.